The SMILES string of the molecule is CN1CCN(c2ncc(NC(=O)c3ccc4nccnc4c3)cn2)CC1. The molecule has 1 N–H and O–H groups in total. The molecule has 0 saturated carbocycles. The van der Waals surface area contributed by atoms with Crippen molar-refractivity contribution in [3.8, 4) is 0 Å². The van der Waals surface area contributed by atoms with Gasteiger partial charge in [-0.2, -0.15) is 0 Å². The van der Waals surface area contributed by atoms with Gasteiger partial charge in [-0.1, -0.05) is 0 Å². The quantitative estimate of drug-likeness (QED) is 0.765. The fourth-order valence-electron chi connectivity index (χ4n) is 2.86. The van der Waals surface area contributed by atoms with Crippen molar-refractivity contribution in [2.24, 2.45) is 0 Å². The number of hydrogen-bond acceptors (Lipinski definition) is 7. The van der Waals surface area contributed by atoms with Gasteiger partial charge in [-0.05, 0) is 25.2 Å². The molecule has 1 saturated heterocycles. The third-order valence-corrected chi connectivity index (χ3v) is 4.41. The highest BCUT2D eigenvalue weighted by Gasteiger charge is 2.16. The standard InChI is InChI=1S/C18H19N7O/c1-24-6-8-25(9-7-24)18-21-11-14(12-22-18)23-17(26)13-2-3-15-16(10-13)20-5-4-19-15/h2-5,10-12H,6-9H2,1H3,(H,23,26). The van der Waals surface area contributed by atoms with Crippen LogP contribution in [0.25, 0.3) is 11.0 Å². The van der Waals surface area contributed by atoms with Crippen molar-refractivity contribution < 1.29 is 4.79 Å². The van der Waals surface area contributed by atoms with Crippen molar-refractivity contribution in [2.75, 3.05) is 43.4 Å². The number of nitrogens with one attached hydrogen (secondary N) is 1. The fourth-order valence-corrected chi connectivity index (χ4v) is 2.86. The maximum atomic E-state index is 12.4. The summed E-state index contributed by atoms with van der Waals surface area (Å²) in [6.07, 6.45) is 6.51. The summed E-state index contributed by atoms with van der Waals surface area (Å²) >= 11 is 0. The molecule has 0 spiro atoms. The van der Waals surface area contributed by atoms with E-state index in [0.29, 0.717) is 22.7 Å². The second-order valence-corrected chi connectivity index (χ2v) is 6.28. The molecule has 0 unspecified atom stereocenters. The van der Waals surface area contributed by atoms with E-state index < -0.39 is 0 Å². The minimum absolute atomic E-state index is 0.228. The molecule has 0 aliphatic carbocycles. The van der Waals surface area contributed by atoms with Crippen molar-refractivity contribution in [2.45, 2.75) is 0 Å². The van der Waals surface area contributed by atoms with Gasteiger partial charge >= 0.3 is 0 Å². The summed E-state index contributed by atoms with van der Waals surface area (Å²) in [6.45, 7) is 3.79. The zero-order valence-electron chi connectivity index (χ0n) is 14.5. The molecule has 3 aromatic rings. The average Bonchev–Trinajstić information content (AvgIpc) is 2.69. The van der Waals surface area contributed by atoms with Gasteiger partial charge in [0, 0.05) is 44.1 Å². The van der Waals surface area contributed by atoms with Crippen LogP contribution in [0.3, 0.4) is 0 Å². The predicted molar refractivity (Wildman–Crippen MR) is 99.2 cm³/mol. The van der Waals surface area contributed by atoms with Gasteiger partial charge < -0.3 is 15.1 Å². The number of nitrogens with zero attached hydrogens (tertiary/aromatic N) is 6. The number of likely N-dealkylation sites (N-methyl/N-ethyl adjacent to an activating group) is 1. The number of amides is 1. The lowest BCUT2D eigenvalue weighted by molar-refractivity contribution is 0.102. The minimum atomic E-state index is -0.228. The third kappa shape index (κ3) is 3.45. The van der Waals surface area contributed by atoms with Crippen LogP contribution in [0, 0.1) is 0 Å². The summed E-state index contributed by atoms with van der Waals surface area (Å²) in [4.78, 5) is 34.1. The third-order valence-electron chi connectivity index (χ3n) is 4.41. The summed E-state index contributed by atoms with van der Waals surface area (Å²) < 4.78 is 0. The first kappa shape index (κ1) is 16.3. The molecule has 4 rings (SSSR count). The largest absolute Gasteiger partial charge is 0.338 e. The van der Waals surface area contributed by atoms with Gasteiger partial charge in [0.05, 0.1) is 29.1 Å². The zero-order chi connectivity index (χ0) is 17.9. The highest BCUT2D eigenvalue weighted by Crippen LogP contribution is 2.15. The van der Waals surface area contributed by atoms with Crippen LogP contribution in [-0.4, -0.2) is 64.0 Å². The van der Waals surface area contributed by atoms with Crippen molar-refractivity contribution in [1.82, 2.24) is 24.8 Å². The van der Waals surface area contributed by atoms with E-state index in [1.807, 2.05) is 0 Å². The lowest BCUT2D eigenvalue weighted by Gasteiger charge is -2.32. The second-order valence-electron chi connectivity index (χ2n) is 6.28. The summed E-state index contributed by atoms with van der Waals surface area (Å²) in [5.41, 5.74) is 2.51. The molecule has 8 heteroatoms. The number of rotatable bonds is 3. The number of carbonyl (C=O) groups excluding carboxylic acids is 1. The first-order chi connectivity index (χ1) is 12.7. The van der Waals surface area contributed by atoms with Crippen molar-refractivity contribution in [3.63, 3.8) is 0 Å². The van der Waals surface area contributed by atoms with E-state index in [0.717, 1.165) is 31.7 Å². The Morgan fingerprint density at radius 1 is 0.962 bits per heavy atom. The van der Waals surface area contributed by atoms with E-state index in [-0.39, 0.29) is 5.91 Å². The molecular formula is C18H19N7O. The number of fused-ring (bicyclic) bond motifs is 1. The van der Waals surface area contributed by atoms with Crippen LogP contribution >= 0.6 is 0 Å². The molecule has 8 nitrogen and oxygen atoms in total. The maximum absolute atomic E-state index is 12.4. The number of piperazine rings is 1. The monoisotopic (exact) mass is 349 g/mol. The lowest BCUT2D eigenvalue weighted by Crippen LogP contribution is -2.45. The summed E-state index contributed by atoms with van der Waals surface area (Å²) in [6, 6.07) is 5.23. The number of hydrogen-bond donors (Lipinski definition) is 1. The first-order valence-corrected chi connectivity index (χ1v) is 8.47. The van der Waals surface area contributed by atoms with Crippen molar-refractivity contribution >= 4 is 28.6 Å². The van der Waals surface area contributed by atoms with Gasteiger partial charge in [-0.25, -0.2) is 9.97 Å². The summed E-state index contributed by atoms with van der Waals surface area (Å²) in [7, 11) is 2.11. The molecule has 2 aromatic heterocycles. The maximum Gasteiger partial charge on any atom is 0.255 e. The average molecular weight is 349 g/mol. The van der Waals surface area contributed by atoms with Gasteiger partial charge in [-0.15, -0.1) is 0 Å². The molecule has 0 bridgehead atoms. The topological polar surface area (TPSA) is 87.1 Å². The number of benzene rings is 1. The van der Waals surface area contributed by atoms with Gasteiger partial charge in [0.1, 0.15) is 0 Å². The van der Waals surface area contributed by atoms with Crippen LogP contribution < -0.4 is 10.2 Å². The van der Waals surface area contributed by atoms with Gasteiger partial charge in [0.2, 0.25) is 5.95 Å². The Bertz CT molecular complexity index is 920. The molecule has 0 atom stereocenters. The molecule has 1 aliphatic heterocycles. The minimum Gasteiger partial charge on any atom is -0.338 e. The summed E-state index contributed by atoms with van der Waals surface area (Å²) in [5, 5.41) is 2.82. The van der Waals surface area contributed by atoms with E-state index in [2.05, 4.69) is 42.1 Å². The second kappa shape index (κ2) is 7.01. The first-order valence-electron chi connectivity index (χ1n) is 8.47. The molecule has 1 aliphatic rings. The normalized spacial score (nSPS) is 15.2. The van der Waals surface area contributed by atoms with Crippen molar-refractivity contribution in [3.05, 3.63) is 48.5 Å². The van der Waals surface area contributed by atoms with Crippen LogP contribution in [0.2, 0.25) is 0 Å². The molecule has 3 heterocycles. The van der Waals surface area contributed by atoms with Crippen LogP contribution in [0.1, 0.15) is 10.4 Å². The lowest BCUT2D eigenvalue weighted by atomic mass is 10.2. The van der Waals surface area contributed by atoms with Crippen LogP contribution in [0.5, 0.6) is 0 Å². The van der Waals surface area contributed by atoms with Crippen LogP contribution in [0.15, 0.2) is 43.0 Å². The van der Waals surface area contributed by atoms with Gasteiger partial charge in [-0.3, -0.25) is 14.8 Å². The van der Waals surface area contributed by atoms with E-state index in [1.54, 1.807) is 43.0 Å². The molecule has 1 fully saturated rings. The van der Waals surface area contributed by atoms with Gasteiger partial charge in [0.25, 0.3) is 5.91 Å². The Labute approximate surface area is 150 Å². The number of carbonyl (C=O) groups is 1. The molecule has 1 amide bonds. The Morgan fingerprint density at radius 2 is 1.65 bits per heavy atom. The molecule has 132 valence electrons. The number of anilines is 2. The van der Waals surface area contributed by atoms with E-state index in [4.69, 9.17) is 0 Å². The molecule has 1 aromatic carbocycles. The predicted octanol–water partition coefficient (Wildman–Crippen LogP) is 1.42. The Morgan fingerprint density at radius 3 is 2.38 bits per heavy atom. The molecule has 26 heavy (non-hydrogen) atoms. The highest BCUT2D eigenvalue weighted by atomic mass is 16.1. The Hall–Kier alpha value is -3.13. The Kier molecular flexibility index (Phi) is 4.40. The Balaban J connectivity index is 1.45. The highest BCUT2D eigenvalue weighted by molar-refractivity contribution is 6.05. The molecular weight excluding hydrogens is 330 g/mol. The van der Waals surface area contributed by atoms with E-state index in [1.165, 1.54) is 0 Å². The molecule has 0 radical (unpaired) electrons. The zero-order valence-corrected chi connectivity index (χ0v) is 14.5. The fraction of sp³-hybridized carbons (Fsp3) is 0.278. The summed E-state index contributed by atoms with van der Waals surface area (Å²) in [5.74, 6) is 0.463. The van der Waals surface area contributed by atoms with E-state index in [9.17, 15) is 4.79 Å². The van der Waals surface area contributed by atoms with Gasteiger partial charge in [0.15, 0.2) is 0 Å². The van der Waals surface area contributed by atoms with Crippen LogP contribution in [0.4, 0.5) is 11.6 Å². The number of aromatic nitrogens is 4. The van der Waals surface area contributed by atoms with Crippen LogP contribution in [-0.2, 0) is 0 Å². The van der Waals surface area contributed by atoms with E-state index >= 15 is 0 Å². The van der Waals surface area contributed by atoms with Crippen molar-refractivity contribution in [1.29, 1.82) is 0 Å². The smallest absolute Gasteiger partial charge is 0.255 e.